The lowest BCUT2D eigenvalue weighted by Gasteiger charge is -2.39. The number of nitrogens with zero attached hydrogens (tertiary/aromatic N) is 2. The summed E-state index contributed by atoms with van der Waals surface area (Å²) in [5.41, 5.74) is 3.25. The number of piperidine rings is 1. The summed E-state index contributed by atoms with van der Waals surface area (Å²) in [6.45, 7) is 9.87. The fourth-order valence-electron chi connectivity index (χ4n) is 5.00. The zero-order valence-electron chi connectivity index (χ0n) is 14.6. The first-order chi connectivity index (χ1) is 11.3. The first-order valence-corrected chi connectivity index (χ1v) is 10.5. The lowest BCUT2D eigenvalue weighted by atomic mass is 9.88. The summed E-state index contributed by atoms with van der Waals surface area (Å²) in [6.07, 6.45) is 5.37. The number of hydrogen-bond acceptors (Lipinski definition) is 3. The molecule has 1 aromatic rings. The predicted molar refractivity (Wildman–Crippen MR) is 101 cm³/mol. The number of fused-ring (bicyclic) bond motifs is 3. The fraction of sp³-hybridized carbons (Fsp3) is 0.700. The van der Waals surface area contributed by atoms with Crippen LogP contribution in [-0.2, 0) is 0 Å². The minimum absolute atomic E-state index is 0.742. The average Bonchev–Trinajstić information content (AvgIpc) is 2.71. The Morgan fingerprint density at radius 1 is 1.30 bits per heavy atom. The van der Waals surface area contributed by atoms with Crippen molar-refractivity contribution >= 4 is 17.4 Å². The van der Waals surface area contributed by atoms with Crippen molar-refractivity contribution in [3.8, 4) is 0 Å². The molecular weight excluding hydrogens is 300 g/mol. The highest BCUT2D eigenvalue weighted by Gasteiger charge is 2.43. The van der Waals surface area contributed by atoms with Gasteiger partial charge in [0, 0.05) is 43.0 Å². The average molecular weight is 331 g/mol. The van der Waals surface area contributed by atoms with Gasteiger partial charge in [0.25, 0.3) is 0 Å². The summed E-state index contributed by atoms with van der Waals surface area (Å²) in [6, 6.07) is 7.83. The molecule has 23 heavy (non-hydrogen) atoms. The van der Waals surface area contributed by atoms with Gasteiger partial charge in [0.15, 0.2) is 0 Å². The Morgan fingerprint density at radius 2 is 2.22 bits per heavy atom. The fourth-order valence-corrected chi connectivity index (χ4v) is 6.04. The molecule has 0 aromatic heterocycles. The molecule has 3 heteroatoms. The van der Waals surface area contributed by atoms with E-state index in [1.165, 1.54) is 57.6 Å². The molecule has 0 N–H and O–H groups in total. The van der Waals surface area contributed by atoms with Gasteiger partial charge in [-0.3, -0.25) is 0 Å². The van der Waals surface area contributed by atoms with Crippen LogP contribution >= 0.6 is 11.8 Å². The second kappa shape index (κ2) is 6.68. The van der Waals surface area contributed by atoms with E-state index in [2.05, 4.69) is 53.6 Å². The molecule has 0 saturated carbocycles. The maximum absolute atomic E-state index is 2.78. The molecule has 0 radical (unpaired) electrons. The van der Waals surface area contributed by atoms with Crippen LogP contribution in [0.2, 0.25) is 0 Å². The Balaban J connectivity index is 1.56. The van der Waals surface area contributed by atoms with Gasteiger partial charge in [-0.05, 0) is 42.6 Å². The summed E-state index contributed by atoms with van der Waals surface area (Å²) >= 11 is 2.08. The van der Waals surface area contributed by atoms with Crippen LogP contribution in [0.25, 0.3) is 0 Å². The van der Waals surface area contributed by atoms with Gasteiger partial charge in [0.05, 0.1) is 5.69 Å². The first-order valence-electron chi connectivity index (χ1n) is 9.52. The highest BCUT2D eigenvalue weighted by Crippen LogP contribution is 2.50. The van der Waals surface area contributed by atoms with Crippen molar-refractivity contribution in [2.24, 2.45) is 5.92 Å². The van der Waals surface area contributed by atoms with E-state index in [-0.39, 0.29) is 0 Å². The van der Waals surface area contributed by atoms with E-state index in [0.29, 0.717) is 0 Å². The van der Waals surface area contributed by atoms with Gasteiger partial charge in [-0.25, -0.2) is 0 Å². The standard InChI is InChI=1S/C20H30N2S/c1-3-6-15(2)13-21-11-9-18-17(14-21)16-7-4-8-19-20(16)22(18)10-5-12-23-19/h4,7-8,15,17-18H,3,5-6,9-14H2,1-2H3/t15?,17-,18-/m1/s1. The van der Waals surface area contributed by atoms with Gasteiger partial charge in [-0.1, -0.05) is 32.4 Å². The molecular formula is C20H30N2S. The highest BCUT2D eigenvalue weighted by molar-refractivity contribution is 7.99. The quantitative estimate of drug-likeness (QED) is 0.797. The molecule has 1 unspecified atom stereocenters. The zero-order chi connectivity index (χ0) is 15.8. The van der Waals surface area contributed by atoms with E-state index in [9.17, 15) is 0 Å². The Bertz CT molecular complexity index is 559. The highest BCUT2D eigenvalue weighted by atomic mass is 32.2. The van der Waals surface area contributed by atoms with E-state index in [0.717, 1.165) is 17.9 Å². The normalized spacial score (nSPS) is 28.2. The van der Waals surface area contributed by atoms with Gasteiger partial charge in [-0.15, -0.1) is 11.8 Å². The van der Waals surface area contributed by atoms with Crippen LogP contribution < -0.4 is 4.90 Å². The summed E-state index contributed by atoms with van der Waals surface area (Å²) in [4.78, 5) is 7.07. The molecule has 0 aliphatic carbocycles. The van der Waals surface area contributed by atoms with Crippen molar-refractivity contribution in [2.75, 3.05) is 36.8 Å². The Hall–Kier alpha value is -0.670. The maximum atomic E-state index is 2.78. The maximum Gasteiger partial charge on any atom is 0.0543 e. The van der Waals surface area contributed by atoms with Crippen LogP contribution in [0.5, 0.6) is 0 Å². The second-order valence-corrected chi connectivity index (χ2v) is 8.84. The minimum Gasteiger partial charge on any atom is -0.367 e. The van der Waals surface area contributed by atoms with E-state index in [1.54, 1.807) is 16.1 Å². The van der Waals surface area contributed by atoms with Crippen molar-refractivity contribution in [3.05, 3.63) is 23.8 Å². The van der Waals surface area contributed by atoms with E-state index < -0.39 is 0 Å². The van der Waals surface area contributed by atoms with Crippen LogP contribution in [0, 0.1) is 5.92 Å². The monoisotopic (exact) mass is 330 g/mol. The molecule has 1 fully saturated rings. The Labute approximate surface area is 145 Å². The molecule has 1 saturated heterocycles. The molecule has 0 amide bonds. The van der Waals surface area contributed by atoms with Gasteiger partial charge in [-0.2, -0.15) is 0 Å². The number of para-hydroxylation sites is 1. The second-order valence-electron chi connectivity index (χ2n) is 7.71. The van der Waals surface area contributed by atoms with Crippen molar-refractivity contribution in [1.29, 1.82) is 0 Å². The van der Waals surface area contributed by atoms with Crippen molar-refractivity contribution in [1.82, 2.24) is 4.90 Å². The summed E-state index contributed by atoms with van der Waals surface area (Å²) in [5, 5.41) is 0. The van der Waals surface area contributed by atoms with Gasteiger partial charge < -0.3 is 9.80 Å². The summed E-state index contributed by atoms with van der Waals surface area (Å²) < 4.78 is 0. The molecule has 126 valence electrons. The van der Waals surface area contributed by atoms with Crippen LogP contribution in [-0.4, -0.2) is 42.9 Å². The minimum atomic E-state index is 0.742. The Morgan fingerprint density at radius 3 is 3.09 bits per heavy atom. The number of benzene rings is 1. The van der Waals surface area contributed by atoms with Crippen LogP contribution in [0.4, 0.5) is 5.69 Å². The molecule has 4 rings (SSSR count). The van der Waals surface area contributed by atoms with Crippen LogP contribution in [0.15, 0.2) is 23.1 Å². The van der Waals surface area contributed by atoms with Crippen molar-refractivity contribution in [3.63, 3.8) is 0 Å². The van der Waals surface area contributed by atoms with Gasteiger partial charge in [0.2, 0.25) is 0 Å². The molecule has 0 bridgehead atoms. The molecule has 0 spiro atoms. The third kappa shape index (κ3) is 2.91. The molecule has 3 heterocycles. The predicted octanol–water partition coefficient (Wildman–Crippen LogP) is 4.60. The number of likely N-dealkylation sites (tertiary alicyclic amines) is 1. The molecule has 3 aliphatic rings. The lowest BCUT2D eigenvalue weighted by Crippen LogP contribution is -2.47. The number of hydrogen-bond donors (Lipinski definition) is 0. The molecule has 3 aliphatic heterocycles. The summed E-state index contributed by atoms with van der Waals surface area (Å²) in [5.74, 6) is 2.87. The first kappa shape index (κ1) is 15.8. The van der Waals surface area contributed by atoms with Gasteiger partial charge >= 0.3 is 0 Å². The third-order valence-electron chi connectivity index (χ3n) is 5.93. The summed E-state index contributed by atoms with van der Waals surface area (Å²) in [7, 11) is 0. The zero-order valence-corrected chi connectivity index (χ0v) is 15.4. The Kier molecular flexibility index (Phi) is 4.60. The molecule has 3 atom stereocenters. The topological polar surface area (TPSA) is 6.48 Å². The smallest absolute Gasteiger partial charge is 0.0543 e. The van der Waals surface area contributed by atoms with E-state index in [4.69, 9.17) is 0 Å². The third-order valence-corrected chi connectivity index (χ3v) is 7.06. The van der Waals surface area contributed by atoms with Crippen LogP contribution in [0.3, 0.4) is 0 Å². The van der Waals surface area contributed by atoms with E-state index >= 15 is 0 Å². The van der Waals surface area contributed by atoms with Crippen LogP contribution in [0.1, 0.15) is 51.0 Å². The SMILES string of the molecule is CCCC(C)CN1CC[C@@H]2[C@H](C1)c1cccc3c1N2CCCS3. The number of thioether (sulfide) groups is 1. The molecule has 1 aromatic carbocycles. The van der Waals surface area contributed by atoms with Crippen molar-refractivity contribution < 1.29 is 0 Å². The van der Waals surface area contributed by atoms with Crippen molar-refractivity contribution in [2.45, 2.75) is 56.4 Å². The number of rotatable bonds is 4. The molecule has 2 nitrogen and oxygen atoms in total. The van der Waals surface area contributed by atoms with E-state index in [1.807, 2.05) is 0 Å². The number of anilines is 1. The largest absolute Gasteiger partial charge is 0.367 e. The van der Waals surface area contributed by atoms with Gasteiger partial charge in [0.1, 0.15) is 0 Å². The lowest BCUT2D eigenvalue weighted by molar-refractivity contribution is 0.168.